The minimum absolute atomic E-state index is 0.0516. The molecule has 3 aromatic carbocycles. The molecule has 0 radical (unpaired) electrons. The zero-order valence-corrected chi connectivity index (χ0v) is 26.1. The van der Waals surface area contributed by atoms with Crippen LogP contribution >= 0.6 is 23.1 Å². The average Bonchev–Trinajstić information content (AvgIpc) is 3.44. The van der Waals surface area contributed by atoms with Crippen LogP contribution in [0.15, 0.2) is 94.8 Å². The van der Waals surface area contributed by atoms with Crippen molar-refractivity contribution in [2.75, 3.05) is 17.2 Å². The highest BCUT2D eigenvalue weighted by Gasteiger charge is 2.18. The highest BCUT2D eigenvalue weighted by Crippen LogP contribution is 2.26. The van der Waals surface area contributed by atoms with E-state index >= 15 is 0 Å². The lowest BCUT2D eigenvalue weighted by molar-refractivity contribution is -0.142. The number of hydrogen-bond donors (Lipinski definition) is 3. The SMILES string of the molecule is CCOC(=O)Cc1csc(NC(=O)C(C)Sc2ccc(NC(=O)/C(=C/c3cccc(C)c3)NC(=O)c3ccccc3)cc2)n1. The first kappa shape index (κ1) is 32.2. The van der Waals surface area contributed by atoms with Gasteiger partial charge < -0.3 is 20.7 Å². The van der Waals surface area contributed by atoms with Crippen molar-refractivity contribution in [2.45, 2.75) is 37.3 Å². The number of hydrogen-bond acceptors (Lipinski definition) is 8. The van der Waals surface area contributed by atoms with Crippen molar-refractivity contribution in [3.63, 3.8) is 0 Å². The van der Waals surface area contributed by atoms with Crippen LogP contribution in [0.3, 0.4) is 0 Å². The molecule has 9 nitrogen and oxygen atoms in total. The zero-order chi connectivity index (χ0) is 31.5. The molecule has 0 spiro atoms. The number of rotatable bonds is 12. The number of nitrogens with zero attached hydrogens (tertiary/aromatic N) is 1. The number of anilines is 2. The summed E-state index contributed by atoms with van der Waals surface area (Å²) in [5.74, 6) is -1.47. The number of thiazole rings is 1. The van der Waals surface area contributed by atoms with E-state index in [1.54, 1.807) is 73.8 Å². The van der Waals surface area contributed by atoms with E-state index in [9.17, 15) is 19.2 Å². The lowest BCUT2D eigenvalue weighted by Gasteiger charge is -2.13. The van der Waals surface area contributed by atoms with Crippen LogP contribution < -0.4 is 16.0 Å². The van der Waals surface area contributed by atoms with Gasteiger partial charge in [-0.2, -0.15) is 0 Å². The number of nitrogens with one attached hydrogen (secondary N) is 3. The summed E-state index contributed by atoms with van der Waals surface area (Å²) in [4.78, 5) is 55.7. The van der Waals surface area contributed by atoms with Crippen molar-refractivity contribution >= 4 is 63.7 Å². The predicted octanol–water partition coefficient (Wildman–Crippen LogP) is 6.09. The van der Waals surface area contributed by atoms with Gasteiger partial charge in [-0.05, 0) is 68.8 Å². The number of carbonyl (C=O) groups excluding carboxylic acids is 4. The Morgan fingerprint density at radius 2 is 1.73 bits per heavy atom. The van der Waals surface area contributed by atoms with Gasteiger partial charge in [-0.1, -0.05) is 48.0 Å². The molecule has 4 aromatic rings. The Kier molecular flexibility index (Phi) is 11.4. The molecule has 1 aromatic heterocycles. The van der Waals surface area contributed by atoms with Crippen LogP contribution in [0.1, 0.15) is 41.0 Å². The first-order valence-corrected chi connectivity index (χ1v) is 15.6. The lowest BCUT2D eigenvalue weighted by atomic mass is 10.1. The Morgan fingerprint density at radius 1 is 0.977 bits per heavy atom. The molecule has 4 rings (SSSR count). The summed E-state index contributed by atoms with van der Waals surface area (Å²) in [6, 6.07) is 23.4. The van der Waals surface area contributed by atoms with E-state index in [-0.39, 0.29) is 24.0 Å². The van der Waals surface area contributed by atoms with Crippen LogP contribution in [0.25, 0.3) is 6.08 Å². The molecule has 3 amide bonds. The van der Waals surface area contributed by atoms with Gasteiger partial charge in [-0.3, -0.25) is 19.2 Å². The molecule has 0 aliphatic rings. The molecule has 0 aliphatic heterocycles. The summed E-state index contributed by atoms with van der Waals surface area (Å²) in [6.45, 7) is 5.77. The van der Waals surface area contributed by atoms with Gasteiger partial charge in [0.25, 0.3) is 11.8 Å². The third-order valence-electron chi connectivity index (χ3n) is 6.09. The van der Waals surface area contributed by atoms with Gasteiger partial charge in [0.05, 0.1) is 24.0 Å². The Labute approximate surface area is 264 Å². The second-order valence-corrected chi connectivity index (χ2v) is 11.9. The maximum Gasteiger partial charge on any atom is 0.311 e. The van der Waals surface area contributed by atoms with Crippen LogP contribution in [0.4, 0.5) is 10.8 Å². The van der Waals surface area contributed by atoms with Crippen molar-refractivity contribution in [2.24, 2.45) is 0 Å². The molecule has 11 heteroatoms. The van der Waals surface area contributed by atoms with Gasteiger partial charge in [-0.25, -0.2) is 4.98 Å². The van der Waals surface area contributed by atoms with E-state index in [0.717, 1.165) is 16.0 Å². The molecule has 1 unspecified atom stereocenters. The van der Waals surface area contributed by atoms with E-state index in [1.807, 2.05) is 37.3 Å². The second-order valence-electron chi connectivity index (χ2n) is 9.65. The van der Waals surface area contributed by atoms with Crippen molar-refractivity contribution in [3.05, 3.63) is 112 Å². The molecule has 0 aliphatic carbocycles. The molecule has 3 N–H and O–H groups in total. The minimum atomic E-state index is -0.477. The van der Waals surface area contributed by atoms with Crippen LogP contribution in [0.5, 0.6) is 0 Å². The smallest absolute Gasteiger partial charge is 0.311 e. The van der Waals surface area contributed by atoms with E-state index in [0.29, 0.717) is 28.7 Å². The maximum absolute atomic E-state index is 13.3. The summed E-state index contributed by atoms with van der Waals surface area (Å²) < 4.78 is 4.93. The third kappa shape index (κ3) is 9.65. The second kappa shape index (κ2) is 15.6. The molecule has 0 bridgehead atoms. The summed E-state index contributed by atoms with van der Waals surface area (Å²) in [7, 11) is 0. The van der Waals surface area contributed by atoms with E-state index in [1.165, 1.54) is 23.1 Å². The summed E-state index contributed by atoms with van der Waals surface area (Å²) >= 11 is 2.59. The van der Waals surface area contributed by atoms with Gasteiger partial charge in [0.1, 0.15) is 5.70 Å². The Hall–Kier alpha value is -4.74. The summed E-state index contributed by atoms with van der Waals surface area (Å²) in [5, 5.41) is 10.1. The quantitative estimate of drug-likeness (QED) is 0.0985. The van der Waals surface area contributed by atoms with E-state index < -0.39 is 17.1 Å². The number of aryl methyl sites for hydroxylation is 1. The first-order chi connectivity index (χ1) is 21.2. The summed E-state index contributed by atoms with van der Waals surface area (Å²) in [6.07, 6.45) is 1.69. The van der Waals surface area contributed by atoms with Crippen molar-refractivity contribution in [1.29, 1.82) is 0 Å². The molecule has 1 heterocycles. The number of esters is 1. The number of amides is 3. The highest BCUT2D eigenvalue weighted by atomic mass is 32.2. The van der Waals surface area contributed by atoms with Crippen molar-refractivity contribution < 1.29 is 23.9 Å². The molecule has 226 valence electrons. The van der Waals surface area contributed by atoms with E-state index in [4.69, 9.17) is 4.74 Å². The minimum Gasteiger partial charge on any atom is -0.466 e. The fourth-order valence-electron chi connectivity index (χ4n) is 3.95. The van der Waals surface area contributed by atoms with Gasteiger partial charge >= 0.3 is 5.97 Å². The first-order valence-electron chi connectivity index (χ1n) is 13.8. The number of carbonyl (C=O) groups is 4. The zero-order valence-electron chi connectivity index (χ0n) is 24.5. The topological polar surface area (TPSA) is 126 Å². The molecule has 44 heavy (non-hydrogen) atoms. The fraction of sp³-hybridized carbons (Fsp3) is 0.182. The Balaban J connectivity index is 1.37. The molecule has 0 saturated carbocycles. The van der Waals surface area contributed by atoms with Gasteiger partial charge in [0.15, 0.2) is 5.13 Å². The largest absolute Gasteiger partial charge is 0.466 e. The van der Waals surface area contributed by atoms with Crippen LogP contribution in [0, 0.1) is 6.92 Å². The lowest BCUT2D eigenvalue weighted by Crippen LogP contribution is -2.30. The number of aromatic nitrogens is 1. The van der Waals surface area contributed by atoms with E-state index in [2.05, 4.69) is 20.9 Å². The molecular formula is C33H32N4O5S2. The van der Waals surface area contributed by atoms with Crippen LogP contribution in [-0.2, 0) is 25.5 Å². The fourth-order valence-corrected chi connectivity index (χ4v) is 5.53. The maximum atomic E-state index is 13.3. The average molecular weight is 629 g/mol. The van der Waals surface area contributed by atoms with Crippen molar-refractivity contribution in [1.82, 2.24) is 10.3 Å². The normalized spacial score (nSPS) is 11.8. The summed E-state index contributed by atoms with van der Waals surface area (Å²) in [5.41, 5.74) is 3.39. The third-order valence-corrected chi connectivity index (χ3v) is 8.01. The molecular weight excluding hydrogens is 597 g/mol. The highest BCUT2D eigenvalue weighted by molar-refractivity contribution is 8.00. The molecule has 0 saturated heterocycles. The van der Waals surface area contributed by atoms with Crippen LogP contribution in [0.2, 0.25) is 0 Å². The predicted molar refractivity (Wildman–Crippen MR) is 175 cm³/mol. The standard InChI is InChI=1S/C33H32N4O5S2/c1-4-42-29(38)19-26-20-43-33(35-26)37-30(39)22(3)44-27-15-13-25(14-16-27)34-32(41)28(18-23-10-8-9-21(2)17-23)36-31(40)24-11-6-5-7-12-24/h5-18,20,22H,4,19H2,1-3H3,(H,34,41)(H,36,40)(H,35,37,39)/b28-18-. The van der Waals surface area contributed by atoms with Crippen LogP contribution in [-0.4, -0.2) is 40.5 Å². The van der Waals surface area contributed by atoms with Gasteiger partial charge in [0.2, 0.25) is 5.91 Å². The molecule has 0 fully saturated rings. The van der Waals surface area contributed by atoms with Crippen molar-refractivity contribution in [3.8, 4) is 0 Å². The molecule has 1 atom stereocenters. The number of thioether (sulfide) groups is 1. The number of benzene rings is 3. The Morgan fingerprint density at radius 3 is 2.43 bits per heavy atom. The number of ether oxygens (including phenoxy) is 1. The van der Waals surface area contributed by atoms with Gasteiger partial charge in [-0.15, -0.1) is 23.1 Å². The Bertz CT molecular complexity index is 1650. The van der Waals surface area contributed by atoms with Gasteiger partial charge in [0, 0.05) is 21.5 Å². The monoisotopic (exact) mass is 628 g/mol.